The molecule has 7 nitrogen and oxygen atoms in total. The van der Waals surface area contributed by atoms with E-state index in [1.807, 2.05) is 0 Å². The third kappa shape index (κ3) is 5.93. The van der Waals surface area contributed by atoms with Gasteiger partial charge in [-0.3, -0.25) is 20.4 Å². The summed E-state index contributed by atoms with van der Waals surface area (Å²) in [5.41, 5.74) is 5.19. The highest BCUT2D eigenvalue weighted by Crippen LogP contribution is 2.23. The Morgan fingerprint density at radius 1 is 0.966 bits per heavy atom. The Morgan fingerprint density at radius 2 is 1.59 bits per heavy atom. The Balaban J connectivity index is 2.10. The number of benzene rings is 2. The van der Waals surface area contributed by atoms with Crippen molar-refractivity contribution in [3.63, 3.8) is 0 Å². The van der Waals surface area contributed by atoms with Crippen LogP contribution in [0.4, 0.5) is 0 Å². The van der Waals surface area contributed by atoms with Gasteiger partial charge in [-0.1, -0.05) is 49.2 Å². The van der Waals surface area contributed by atoms with Gasteiger partial charge in [0.1, 0.15) is 0 Å². The lowest BCUT2D eigenvalue weighted by molar-refractivity contribution is -0.121. The minimum atomic E-state index is -3.75. The van der Waals surface area contributed by atoms with E-state index in [4.69, 9.17) is 23.2 Å². The number of hydrogen-bond acceptors (Lipinski definition) is 4. The Kier molecular flexibility index (Phi) is 8.04. The van der Waals surface area contributed by atoms with Gasteiger partial charge >= 0.3 is 0 Å². The Morgan fingerprint density at radius 3 is 2.17 bits per heavy atom. The fourth-order valence-corrected chi connectivity index (χ4v) is 4.39. The smallest absolute Gasteiger partial charge is 0.271 e. The molecule has 2 aromatic carbocycles. The van der Waals surface area contributed by atoms with Crippen LogP contribution >= 0.6 is 23.2 Å². The van der Waals surface area contributed by atoms with E-state index in [1.54, 1.807) is 38.1 Å². The van der Waals surface area contributed by atoms with Crippen molar-refractivity contribution in [1.82, 2.24) is 15.2 Å². The summed E-state index contributed by atoms with van der Waals surface area (Å²) in [5, 5.41) is 0.615. The second-order valence-corrected chi connectivity index (χ2v) is 8.82. The molecule has 0 aliphatic carbocycles. The van der Waals surface area contributed by atoms with Crippen LogP contribution in [-0.4, -0.2) is 37.6 Å². The Hall–Kier alpha value is -2.13. The van der Waals surface area contributed by atoms with Crippen molar-refractivity contribution in [2.45, 2.75) is 25.2 Å². The van der Waals surface area contributed by atoms with Crippen LogP contribution in [0.3, 0.4) is 0 Å². The van der Waals surface area contributed by atoms with E-state index in [1.165, 1.54) is 22.5 Å². The number of nitrogens with zero attached hydrogens (tertiary/aromatic N) is 1. The Bertz CT molecular complexity index is 991. The average Bonchev–Trinajstić information content (AvgIpc) is 2.69. The standard InChI is InChI=1S/C19H21Cl2N3O4S/c1-3-24(4-2)29(27,28)15-9-10-17(21)16(12-15)19(26)23-22-18(25)11-13-5-7-14(20)8-6-13/h5-10,12H,3-4,11H2,1-2H3,(H,22,25)(H,23,26). The molecule has 2 aromatic rings. The van der Waals surface area contributed by atoms with E-state index in [2.05, 4.69) is 10.9 Å². The summed E-state index contributed by atoms with van der Waals surface area (Å²) in [4.78, 5) is 24.4. The van der Waals surface area contributed by atoms with Crippen molar-refractivity contribution < 1.29 is 18.0 Å². The van der Waals surface area contributed by atoms with Crippen molar-refractivity contribution in [3.05, 3.63) is 63.6 Å². The van der Waals surface area contributed by atoms with E-state index in [0.717, 1.165) is 0 Å². The molecule has 0 aromatic heterocycles. The molecular formula is C19H21Cl2N3O4S. The fourth-order valence-electron chi connectivity index (χ4n) is 2.58. The van der Waals surface area contributed by atoms with Crippen LogP contribution in [0.15, 0.2) is 47.4 Å². The fraction of sp³-hybridized carbons (Fsp3) is 0.263. The molecule has 0 radical (unpaired) electrons. The zero-order valence-corrected chi connectivity index (χ0v) is 18.2. The molecule has 0 saturated heterocycles. The van der Waals surface area contributed by atoms with Crippen molar-refractivity contribution in [2.75, 3.05) is 13.1 Å². The zero-order chi connectivity index (χ0) is 21.6. The van der Waals surface area contributed by atoms with Crippen LogP contribution in [0.2, 0.25) is 10.0 Å². The molecule has 0 bridgehead atoms. The minimum absolute atomic E-state index is 0.0293. The average molecular weight is 458 g/mol. The highest BCUT2D eigenvalue weighted by Gasteiger charge is 2.24. The summed E-state index contributed by atoms with van der Waals surface area (Å²) < 4.78 is 26.6. The van der Waals surface area contributed by atoms with Crippen LogP contribution < -0.4 is 10.9 Å². The zero-order valence-electron chi connectivity index (χ0n) is 15.9. The summed E-state index contributed by atoms with van der Waals surface area (Å²) in [6.07, 6.45) is 0.0293. The largest absolute Gasteiger partial charge is 0.273 e. The molecule has 0 aliphatic heterocycles. The van der Waals surface area contributed by atoms with Crippen molar-refractivity contribution in [3.8, 4) is 0 Å². The van der Waals surface area contributed by atoms with Gasteiger partial charge in [0.15, 0.2) is 0 Å². The van der Waals surface area contributed by atoms with Gasteiger partial charge in [-0.25, -0.2) is 8.42 Å². The maximum atomic E-state index is 12.6. The number of rotatable bonds is 7. The molecule has 0 fully saturated rings. The summed E-state index contributed by atoms with van der Waals surface area (Å²) in [7, 11) is -3.75. The van der Waals surface area contributed by atoms with Crippen LogP contribution in [0, 0.1) is 0 Å². The predicted octanol–water partition coefficient (Wildman–Crippen LogP) is 3.03. The summed E-state index contributed by atoms with van der Waals surface area (Å²) in [5.74, 6) is -1.18. The third-order valence-corrected chi connectivity index (χ3v) is 6.75. The number of hydrogen-bond donors (Lipinski definition) is 2. The first kappa shape index (κ1) is 23.2. The minimum Gasteiger partial charge on any atom is -0.273 e. The molecule has 10 heteroatoms. The number of nitrogens with one attached hydrogen (secondary N) is 2. The lowest BCUT2D eigenvalue weighted by Gasteiger charge is -2.19. The molecule has 2 amide bonds. The number of hydrazine groups is 1. The maximum Gasteiger partial charge on any atom is 0.271 e. The number of sulfonamides is 1. The lowest BCUT2D eigenvalue weighted by Crippen LogP contribution is -2.42. The first-order valence-electron chi connectivity index (χ1n) is 8.82. The van der Waals surface area contributed by atoms with Gasteiger partial charge in [0.25, 0.3) is 5.91 Å². The van der Waals surface area contributed by atoms with Crippen LogP contribution in [0.25, 0.3) is 0 Å². The quantitative estimate of drug-likeness (QED) is 0.624. The molecule has 0 heterocycles. The van der Waals surface area contributed by atoms with E-state index >= 15 is 0 Å². The monoisotopic (exact) mass is 457 g/mol. The second-order valence-electron chi connectivity index (χ2n) is 6.04. The van der Waals surface area contributed by atoms with Gasteiger partial charge in [-0.2, -0.15) is 4.31 Å². The van der Waals surface area contributed by atoms with Crippen molar-refractivity contribution in [1.29, 1.82) is 0 Å². The van der Waals surface area contributed by atoms with E-state index in [-0.39, 0.29) is 21.9 Å². The van der Waals surface area contributed by atoms with Gasteiger partial charge in [-0.05, 0) is 35.9 Å². The van der Waals surface area contributed by atoms with Gasteiger partial charge in [0, 0.05) is 18.1 Å². The normalized spacial score (nSPS) is 11.3. The maximum absolute atomic E-state index is 12.6. The third-order valence-electron chi connectivity index (χ3n) is 4.12. The van der Waals surface area contributed by atoms with E-state index in [9.17, 15) is 18.0 Å². The lowest BCUT2D eigenvalue weighted by atomic mass is 10.1. The molecule has 0 spiro atoms. The predicted molar refractivity (Wildman–Crippen MR) is 112 cm³/mol. The summed E-state index contributed by atoms with van der Waals surface area (Å²) in [6.45, 7) is 4.04. The highest BCUT2D eigenvalue weighted by molar-refractivity contribution is 7.89. The number of carbonyl (C=O) groups excluding carboxylic acids is 2. The number of carbonyl (C=O) groups is 2. The second kappa shape index (κ2) is 10.1. The first-order valence-corrected chi connectivity index (χ1v) is 11.0. The Labute approximate surface area is 180 Å². The van der Waals surface area contributed by atoms with Crippen molar-refractivity contribution in [2.24, 2.45) is 0 Å². The molecule has 0 atom stereocenters. The highest BCUT2D eigenvalue weighted by atomic mass is 35.5. The molecular weight excluding hydrogens is 437 g/mol. The molecule has 156 valence electrons. The first-order chi connectivity index (χ1) is 13.7. The van der Waals surface area contributed by atoms with Crippen LogP contribution in [0.1, 0.15) is 29.8 Å². The SMILES string of the molecule is CCN(CC)S(=O)(=O)c1ccc(Cl)c(C(=O)NNC(=O)Cc2ccc(Cl)cc2)c1. The van der Waals surface area contributed by atoms with Gasteiger partial charge in [0.2, 0.25) is 15.9 Å². The molecule has 2 rings (SSSR count). The van der Waals surface area contributed by atoms with E-state index < -0.39 is 21.8 Å². The van der Waals surface area contributed by atoms with Gasteiger partial charge in [-0.15, -0.1) is 0 Å². The van der Waals surface area contributed by atoms with E-state index in [0.29, 0.717) is 23.7 Å². The van der Waals surface area contributed by atoms with Gasteiger partial charge < -0.3 is 0 Å². The molecule has 0 saturated carbocycles. The summed E-state index contributed by atoms with van der Waals surface area (Å²) in [6, 6.07) is 10.6. The topological polar surface area (TPSA) is 95.6 Å². The van der Waals surface area contributed by atoms with Crippen molar-refractivity contribution >= 4 is 45.0 Å². The molecule has 0 unspecified atom stereocenters. The number of halogens is 2. The van der Waals surface area contributed by atoms with Crippen LogP contribution in [-0.2, 0) is 21.2 Å². The summed E-state index contributed by atoms with van der Waals surface area (Å²) >= 11 is 11.9. The van der Waals surface area contributed by atoms with Crippen LogP contribution in [0.5, 0.6) is 0 Å². The van der Waals surface area contributed by atoms with Gasteiger partial charge in [0.05, 0.1) is 21.9 Å². The molecule has 0 aliphatic rings. The molecule has 29 heavy (non-hydrogen) atoms. The number of amides is 2. The molecule has 2 N–H and O–H groups in total.